The molecule has 1 N–H and O–H groups in total. The summed E-state index contributed by atoms with van der Waals surface area (Å²) in [6.07, 6.45) is 1.01. The van der Waals surface area contributed by atoms with Crippen LogP contribution in [0.15, 0.2) is 42.6 Å². The van der Waals surface area contributed by atoms with Gasteiger partial charge in [-0.2, -0.15) is 0 Å². The van der Waals surface area contributed by atoms with Crippen LogP contribution in [0.2, 0.25) is 0 Å². The number of fused-ring (bicyclic) bond motifs is 1. The summed E-state index contributed by atoms with van der Waals surface area (Å²) < 4.78 is 11.2. The lowest BCUT2D eigenvalue weighted by atomic mass is 10.2. The van der Waals surface area contributed by atoms with Crippen LogP contribution in [-0.4, -0.2) is 37.7 Å². The van der Waals surface area contributed by atoms with E-state index in [2.05, 4.69) is 10.3 Å². The topological polar surface area (TPSA) is 63.7 Å². The van der Waals surface area contributed by atoms with E-state index in [1.54, 1.807) is 18.3 Å². The fourth-order valence-corrected chi connectivity index (χ4v) is 2.08. The normalized spacial score (nSPS) is 16.0. The van der Waals surface area contributed by atoms with Crippen LogP contribution in [0.1, 0.15) is 0 Å². The van der Waals surface area contributed by atoms with E-state index in [4.69, 9.17) is 9.47 Å². The van der Waals surface area contributed by atoms with E-state index in [0.717, 1.165) is 5.69 Å². The predicted molar refractivity (Wildman–Crippen MR) is 83.5 cm³/mol. The predicted octanol–water partition coefficient (Wildman–Crippen LogP) is 1.93. The van der Waals surface area contributed by atoms with Crippen LogP contribution in [0, 0.1) is 0 Å². The first kappa shape index (κ1) is 14.2. The third-order valence-electron chi connectivity index (χ3n) is 3.32. The summed E-state index contributed by atoms with van der Waals surface area (Å²) in [5, 5.41) is 2.74. The number of carbonyl (C=O) groups is 1. The van der Waals surface area contributed by atoms with E-state index in [1.807, 2.05) is 43.3 Å². The molecule has 1 amide bonds. The van der Waals surface area contributed by atoms with E-state index in [-0.39, 0.29) is 12.5 Å². The van der Waals surface area contributed by atoms with Crippen molar-refractivity contribution in [3.8, 4) is 11.5 Å². The molecule has 0 unspecified atom stereocenters. The fourth-order valence-electron chi connectivity index (χ4n) is 2.08. The molecule has 2 aromatic rings. The summed E-state index contributed by atoms with van der Waals surface area (Å²) in [5.74, 6) is 1.43. The molecule has 1 aromatic heterocycles. The Labute approximate surface area is 128 Å². The van der Waals surface area contributed by atoms with Gasteiger partial charge in [0.25, 0.3) is 5.91 Å². The Morgan fingerprint density at radius 1 is 1.23 bits per heavy atom. The summed E-state index contributed by atoms with van der Waals surface area (Å²) in [6.45, 7) is 0.179. The molecule has 0 saturated heterocycles. The van der Waals surface area contributed by atoms with E-state index in [9.17, 15) is 4.79 Å². The summed E-state index contributed by atoms with van der Waals surface area (Å²) in [4.78, 5) is 18.4. The van der Waals surface area contributed by atoms with Crippen molar-refractivity contribution < 1.29 is 14.3 Å². The van der Waals surface area contributed by atoms with E-state index in [0.29, 0.717) is 17.3 Å². The Bertz CT molecular complexity index is 671. The van der Waals surface area contributed by atoms with E-state index in [1.165, 1.54) is 0 Å². The Kier molecular flexibility index (Phi) is 3.82. The molecule has 22 heavy (non-hydrogen) atoms. The highest BCUT2D eigenvalue weighted by Gasteiger charge is 2.27. The van der Waals surface area contributed by atoms with Gasteiger partial charge in [-0.25, -0.2) is 4.98 Å². The average Bonchev–Trinajstić information content (AvgIpc) is 2.55. The van der Waals surface area contributed by atoms with Gasteiger partial charge < -0.3 is 19.7 Å². The van der Waals surface area contributed by atoms with Gasteiger partial charge in [-0.15, -0.1) is 0 Å². The highest BCUT2D eigenvalue weighted by molar-refractivity contribution is 5.94. The molecular weight excluding hydrogens is 282 g/mol. The van der Waals surface area contributed by atoms with Crippen LogP contribution in [0.25, 0.3) is 0 Å². The zero-order valence-electron chi connectivity index (χ0n) is 12.4. The molecule has 0 fully saturated rings. The van der Waals surface area contributed by atoms with Gasteiger partial charge in [0, 0.05) is 14.1 Å². The van der Waals surface area contributed by atoms with Crippen molar-refractivity contribution in [2.45, 2.75) is 6.10 Å². The molecule has 0 spiro atoms. The van der Waals surface area contributed by atoms with Crippen molar-refractivity contribution in [1.29, 1.82) is 0 Å². The number of para-hydroxylation sites is 2. The van der Waals surface area contributed by atoms with Crippen LogP contribution in [0.3, 0.4) is 0 Å². The maximum absolute atomic E-state index is 12.2. The molecular formula is C16H17N3O3. The molecule has 6 nitrogen and oxygen atoms in total. The number of hydrogen-bond acceptors (Lipinski definition) is 5. The van der Waals surface area contributed by atoms with Gasteiger partial charge in [-0.3, -0.25) is 4.79 Å². The first-order valence-corrected chi connectivity index (χ1v) is 6.96. The second-order valence-electron chi connectivity index (χ2n) is 5.15. The number of pyridine rings is 1. The lowest BCUT2D eigenvalue weighted by Gasteiger charge is -2.25. The number of nitrogens with zero attached hydrogens (tertiary/aromatic N) is 2. The van der Waals surface area contributed by atoms with Gasteiger partial charge in [-0.1, -0.05) is 12.1 Å². The lowest BCUT2D eigenvalue weighted by molar-refractivity contribution is -0.125. The first-order valence-electron chi connectivity index (χ1n) is 6.96. The van der Waals surface area contributed by atoms with Crippen molar-refractivity contribution in [1.82, 2.24) is 4.98 Å². The molecule has 0 saturated carbocycles. The molecule has 3 rings (SSSR count). The monoisotopic (exact) mass is 299 g/mol. The SMILES string of the molecule is CN(C)c1ccc(NC(=O)[C@H]2COc3ccccc3O2)nc1. The highest BCUT2D eigenvalue weighted by atomic mass is 16.6. The number of nitrogens with one attached hydrogen (secondary N) is 1. The maximum atomic E-state index is 12.2. The molecule has 1 atom stereocenters. The molecule has 0 bridgehead atoms. The van der Waals surface area contributed by atoms with E-state index < -0.39 is 6.10 Å². The van der Waals surface area contributed by atoms with Gasteiger partial charge in [0.2, 0.25) is 6.10 Å². The number of ether oxygens (including phenoxy) is 2. The average molecular weight is 299 g/mol. The Hall–Kier alpha value is -2.76. The van der Waals surface area contributed by atoms with E-state index >= 15 is 0 Å². The number of carbonyl (C=O) groups excluding carboxylic acids is 1. The Morgan fingerprint density at radius 2 is 2.00 bits per heavy atom. The van der Waals surface area contributed by atoms with Crippen LogP contribution in [0.5, 0.6) is 11.5 Å². The van der Waals surface area contributed by atoms with Gasteiger partial charge in [0.1, 0.15) is 12.4 Å². The van der Waals surface area contributed by atoms with Crippen molar-refractivity contribution in [2.24, 2.45) is 0 Å². The second-order valence-corrected chi connectivity index (χ2v) is 5.15. The van der Waals surface area contributed by atoms with Crippen LogP contribution >= 0.6 is 0 Å². The largest absolute Gasteiger partial charge is 0.485 e. The van der Waals surface area contributed by atoms with Gasteiger partial charge in [0.05, 0.1) is 11.9 Å². The van der Waals surface area contributed by atoms with Crippen molar-refractivity contribution >= 4 is 17.4 Å². The molecule has 6 heteroatoms. The summed E-state index contributed by atoms with van der Waals surface area (Å²) >= 11 is 0. The summed E-state index contributed by atoms with van der Waals surface area (Å²) in [7, 11) is 3.86. The molecule has 1 aromatic carbocycles. The van der Waals surface area contributed by atoms with Gasteiger partial charge in [-0.05, 0) is 24.3 Å². The number of amides is 1. The van der Waals surface area contributed by atoms with Crippen molar-refractivity contribution in [2.75, 3.05) is 30.9 Å². The van der Waals surface area contributed by atoms with Crippen LogP contribution < -0.4 is 19.7 Å². The first-order chi connectivity index (χ1) is 10.6. The molecule has 1 aliphatic heterocycles. The third kappa shape index (κ3) is 2.95. The molecule has 2 heterocycles. The smallest absolute Gasteiger partial charge is 0.270 e. The van der Waals surface area contributed by atoms with Crippen molar-refractivity contribution in [3.05, 3.63) is 42.6 Å². The van der Waals surface area contributed by atoms with Gasteiger partial charge in [0.15, 0.2) is 11.5 Å². The van der Waals surface area contributed by atoms with Crippen LogP contribution in [0.4, 0.5) is 11.5 Å². The number of aromatic nitrogens is 1. The fraction of sp³-hybridized carbons (Fsp3) is 0.250. The quantitative estimate of drug-likeness (QED) is 0.938. The summed E-state index contributed by atoms with van der Waals surface area (Å²) in [6, 6.07) is 10.9. The minimum absolute atomic E-state index is 0.179. The number of hydrogen-bond donors (Lipinski definition) is 1. The Morgan fingerprint density at radius 3 is 2.68 bits per heavy atom. The molecule has 1 aliphatic rings. The third-order valence-corrected chi connectivity index (χ3v) is 3.32. The highest BCUT2D eigenvalue weighted by Crippen LogP contribution is 2.31. The number of benzene rings is 1. The van der Waals surface area contributed by atoms with Crippen LogP contribution in [-0.2, 0) is 4.79 Å². The summed E-state index contributed by atoms with van der Waals surface area (Å²) in [5.41, 5.74) is 0.962. The minimum atomic E-state index is -0.690. The minimum Gasteiger partial charge on any atom is -0.485 e. The maximum Gasteiger partial charge on any atom is 0.270 e. The Balaban J connectivity index is 1.65. The number of anilines is 2. The van der Waals surface area contributed by atoms with Gasteiger partial charge >= 0.3 is 0 Å². The molecule has 0 aliphatic carbocycles. The number of rotatable bonds is 3. The lowest BCUT2D eigenvalue weighted by Crippen LogP contribution is -2.40. The molecule has 114 valence electrons. The standard InChI is InChI=1S/C16H17N3O3/c1-19(2)11-7-8-15(17-9-11)18-16(20)14-10-21-12-5-3-4-6-13(12)22-14/h3-9,14H,10H2,1-2H3,(H,17,18,20)/t14-/m1/s1. The van der Waals surface area contributed by atoms with Crippen molar-refractivity contribution in [3.63, 3.8) is 0 Å². The zero-order valence-corrected chi connectivity index (χ0v) is 12.4. The zero-order chi connectivity index (χ0) is 15.5. The molecule has 0 radical (unpaired) electrons. The second kappa shape index (κ2) is 5.93.